The summed E-state index contributed by atoms with van der Waals surface area (Å²) in [4.78, 5) is 32.0. The first-order valence-corrected chi connectivity index (χ1v) is 9.57. The van der Waals surface area contributed by atoms with Crippen LogP contribution in [0.3, 0.4) is 0 Å². The van der Waals surface area contributed by atoms with Crippen LogP contribution in [0, 0.1) is 0 Å². The van der Waals surface area contributed by atoms with Crippen LogP contribution in [-0.2, 0) is 0 Å². The van der Waals surface area contributed by atoms with Crippen LogP contribution in [0.5, 0.6) is 0 Å². The molecule has 3 aromatic carbocycles. The van der Waals surface area contributed by atoms with Crippen LogP contribution in [0.1, 0.15) is 10.4 Å². The Bertz CT molecular complexity index is 1440. The Hall–Kier alpha value is -4.25. The molecule has 5 nitrogen and oxygen atoms in total. The molecule has 0 bridgehead atoms. The third-order valence-electron chi connectivity index (χ3n) is 5.11. The van der Waals surface area contributed by atoms with E-state index in [9.17, 15) is 9.59 Å². The van der Waals surface area contributed by atoms with Crippen molar-refractivity contribution in [2.45, 2.75) is 0 Å². The Labute approximate surface area is 172 Å². The van der Waals surface area contributed by atoms with Crippen molar-refractivity contribution in [3.05, 3.63) is 107 Å². The van der Waals surface area contributed by atoms with E-state index in [0.717, 1.165) is 21.9 Å². The lowest BCUT2D eigenvalue weighted by Crippen LogP contribution is -2.11. The predicted molar refractivity (Wildman–Crippen MR) is 120 cm³/mol. The third kappa shape index (κ3) is 3.12. The first-order valence-electron chi connectivity index (χ1n) is 9.57. The smallest absolute Gasteiger partial charge is 0.257 e. The summed E-state index contributed by atoms with van der Waals surface area (Å²) in [6, 6.07) is 26.2. The Balaban J connectivity index is 1.56. The minimum Gasteiger partial charge on any atom is -0.322 e. The molecule has 0 saturated heterocycles. The van der Waals surface area contributed by atoms with Crippen molar-refractivity contribution in [3.63, 3.8) is 0 Å². The number of fused-ring (bicyclic) bond motifs is 3. The van der Waals surface area contributed by atoms with E-state index in [1.165, 1.54) is 0 Å². The van der Waals surface area contributed by atoms with Crippen molar-refractivity contribution < 1.29 is 4.79 Å². The number of nitrogens with zero attached hydrogens (tertiary/aromatic N) is 1. The number of carbonyl (C=O) groups is 1. The van der Waals surface area contributed by atoms with Gasteiger partial charge in [-0.25, -0.2) is 4.98 Å². The number of amides is 1. The summed E-state index contributed by atoms with van der Waals surface area (Å²) in [6.45, 7) is 0. The first-order chi connectivity index (χ1) is 14.7. The van der Waals surface area contributed by atoms with E-state index in [0.29, 0.717) is 22.3 Å². The number of hydrogen-bond donors (Lipinski definition) is 2. The van der Waals surface area contributed by atoms with Gasteiger partial charge < -0.3 is 10.3 Å². The fraction of sp³-hybridized carbons (Fsp3) is 0. The molecule has 5 heteroatoms. The Morgan fingerprint density at radius 1 is 0.800 bits per heavy atom. The molecule has 144 valence electrons. The first kappa shape index (κ1) is 17.8. The average molecular weight is 391 g/mol. The summed E-state index contributed by atoms with van der Waals surface area (Å²) >= 11 is 0. The average Bonchev–Trinajstić information content (AvgIpc) is 2.80. The van der Waals surface area contributed by atoms with Crippen LogP contribution in [-0.4, -0.2) is 15.9 Å². The molecule has 0 aliphatic carbocycles. The number of anilines is 1. The number of aromatic nitrogens is 2. The summed E-state index contributed by atoms with van der Waals surface area (Å²) in [5.41, 5.74) is 3.66. The fourth-order valence-electron chi connectivity index (χ4n) is 3.67. The summed E-state index contributed by atoms with van der Waals surface area (Å²) in [6.07, 6.45) is 1.69. The van der Waals surface area contributed by atoms with Gasteiger partial charge in [-0.05, 0) is 52.9 Å². The van der Waals surface area contributed by atoms with Gasteiger partial charge >= 0.3 is 0 Å². The maximum absolute atomic E-state index is 12.4. The molecule has 2 N–H and O–H groups in total. The lowest BCUT2D eigenvalue weighted by Gasteiger charge is -2.10. The third-order valence-corrected chi connectivity index (χ3v) is 5.11. The largest absolute Gasteiger partial charge is 0.322 e. The van der Waals surface area contributed by atoms with E-state index in [1.54, 1.807) is 18.3 Å². The molecule has 1 amide bonds. The van der Waals surface area contributed by atoms with Gasteiger partial charge in [-0.1, -0.05) is 48.5 Å². The molecule has 0 atom stereocenters. The molecule has 2 aromatic heterocycles. The van der Waals surface area contributed by atoms with Gasteiger partial charge in [-0.15, -0.1) is 0 Å². The Morgan fingerprint density at radius 2 is 1.50 bits per heavy atom. The number of benzene rings is 3. The number of carbonyl (C=O) groups excluding carboxylic acids is 1. The molecule has 0 aliphatic heterocycles. The molecule has 30 heavy (non-hydrogen) atoms. The van der Waals surface area contributed by atoms with E-state index in [2.05, 4.69) is 15.3 Å². The number of rotatable bonds is 3. The number of H-pyrrole nitrogens is 1. The predicted octanol–water partition coefficient (Wildman–Crippen LogP) is 5.00. The SMILES string of the molecule is O=C(Nc1ccc(-c2ccnc3[nH]c(=O)c4ccccc4c23)cc1)c1ccccc1. The normalized spacial score (nSPS) is 10.9. The summed E-state index contributed by atoms with van der Waals surface area (Å²) in [7, 11) is 0. The molecule has 5 aromatic rings. The van der Waals surface area contributed by atoms with Gasteiger partial charge in [-0.2, -0.15) is 0 Å². The second-order valence-electron chi connectivity index (χ2n) is 6.98. The number of pyridine rings is 2. The van der Waals surface area contributed by atoms with E-state index >= 15 is 0 Å². The summed E-state index contributed by atoms with van der Waals surface area (Å²) in [5.74, 6) is -0.152. The van der Waals surface area contributed by atoms with E-state index in [4.69, 9.17) is 0 Å². The second-order valence-corrected chi connectivity index (χ2v) is 6.98. The minimum atomic E-state index is -0.152. The van der Waals surface area contributed by atoms with Crippen molar-refractivity contribution in [2.75, 3.05) is 5.32 Å². The van der Waals surface area contributed by atoms with Crippen molar-refractivity contribution in [3.8, 4) is 11.1 Å². The monoisotopic (exact) mass is 391 g/mol. The van der Waals surface area contributed by atoms with Crippen molar-refractivity contribution in [1.29, 1.82) is 0 Å². The molecule has 0 radical (unpaired) electrons. The highest BCUT2D eigenvalue weighted by atomic mass is 16.1. The number of nitrogens with one attached hydrogen (secondary N) is 2. The van der Waals surface area contributed by atoms with Gasteiger partial charge in [0.25, 0.3) is 11.5 Å². The van der Waals surface area contributed by atoms with E-state index in [1.807, 2.05) is 72.8 Å². The molecule has 0 unspecified atom stereocenters. The van der Waals surface area contributed by atoms with Gasteiger partial charge in [0.1, 0.15) is 5.65 Å². The maximum atomic E-state index is 12.4. The van der Waals surface area contributed by atoms with Crippen LogP contribution < -0.4 is 10.9 Å². The van der Waals surface area contributed by atoms with E-state index < -0.39 is 0 Å². The maximum Gasteiger partial charge on any atom is 0.257 e. The highest BCUT2D eigenvalue weighted by molar-refractivity contribution is 6.11. The Kier molecular flexibility index (Phi) is 4.33. The highest BCUT2D eigenvalue weighted by Gasteiger charge is 2.12. The van der Waals surface area contributed by atoms with Crippen LogP contribution in [0.25, 0.3) is 32.9 Å². The second kappa shape index (κ2) is 7.29. The van der Waals surface area contributed by atoms with Gasteiger partial charge in [0.15, 0.2) is 0 Å². The van der Waals surface area contributed by atoms with Crippen LogP contribution in [0.15, 0.2) is 95.9 Å². The molecule has 2 heterocycles. The quantitative estimate of drug-likeness (QED) is 0.425. The zero-order valence-electron chi connectivity index (χ0n) is 15.9. The van der Waals surface area contributed by atoms with Crippen molar-refractivity contribution in [1.82, 2.24) is 9.97 Å². The van der Waals surface area contributed by atoms with Gasteiger partial charge in [0.05, 0.1) is 0 Å². The van der Waals surface area contributed by atoms with Crippen molar-refractivity contribution in [2.24, 2.45) is 0 Å². The minimum absolute atomic E-state index is 0.151. The zero-order chi connectivity index (χ0) is 20.5. The molecule has 0 spiro atoms. The van der Waals surface area contributed by atoms with Crippen molar-refractivity contribution >= 4 is 33.4 Å². The van der Waals surface area contributed by atoms with Gasteiger partial charge in [0, 0.05) is 28.2 Å². The summed E-state index contributed by atoms with van der Waals surface area (Å²) < 4.78 is 0. The van der Waals surface area contributed by atoms with E-state index in [-0.39, 0.29) is 11.5 Å². The number of aromatic amines is 1. The lowest BCUT2D eigenvalue weighted by molar-refractivity contribution is 0.102. The molecule has 0 saturated carbocycles. The molecule has 5 rings (SSSR count). The summed E-state index contributed by atoms with van der Waals surface area (Å²) in [5, 5.41) is 5.30. The standard InChI is InChI=1S/C25H17N3O2/c29-24(17-6-2-1-3-7-17)27-18-12-10-16(11-13-18)19-14-15-26-23-22(19)20-8-4-5-9-21(20)25(30)28-23/h1-15H,(H,27,29)(H,26,28,30). The molecule has 0 aliphatic rings. The zero-order valence-corrected chi connectivity index (χ0v) is 15.9. The Morgan fingerprint density at radius 3 is 2.27 bits per heavy atom. The fourth-order valence-corrected chi connectivity index (χ4v) is 3.67. The van der Waals surface area contributed by atoms with Crippen LogP contribution in [0.4, 0.5) is 5.69 Å². The van der Waals surface area contributed by atoms with Crippen LogP contribution in [0.2, 0.25) is 0 Å². The molecule has 0 fully saturated rings. The van der Waals surface area contributed by atoms with Crippen LogP contribution >= 0.6 is 0 Å². The lowest BCUT2D eigenvalue weighted by atomic mass is 9.98. The molecular formula is C25H17N3O2. The van der Waals surface area contributed by atoms with Gasteiger partial charge in [-0.3, -0.25) is 9.59 Å². The highest BCUT2D eigenvalue weighted by Crippen LogP contribution is 2.31. The topological polar surface area (TPSA) is 74.8 Å². The molecular weight excluding hydrogens is 374 g/mol. The van der Waals surface area contributed by atoms with Gasteiger partial charge in [0.2, 0.25) is 0 Å². The number of hydrogen-bond acceptors (Lipinski definition) is 3.